The molecule has 204 valence electrons. The van der Waals surface area contributed by atoms with Crippen LogP contribution in [0.3, 0.4) is 0 Å². The Bertz CT molecular complexity index is 1130. The Morgan fingerprint density at radius 3 is 2.45 bits per heavy atom. The monoisotopic (exact) mass is 521 g/mol. The maximum absolute atomic E-state index is 13.2. The number of nitrogens with one attached hydrogen (secondary N) is 1. The van der Waals surface area contributed by atoms with Crippen LogP contribution in [0.5, 0.6) is 5.75 Å². The average molecular weight is 522 g/mol. The number of ether oxygens (including phenoxy) is 2. The predicted molar refractivity (Wildman–Crippen MR) is 139 cm³/mol. The summed E-state index contributed by atoms with van der Waals surface area (Å²) in [7, 11) is 1.84. The Morgan fingerprint density at radius 1 is 0.947 bits per heavy atom. The lowest BCUT2D eigenvalue weighted by molar-refractivity contribution is -0.160. The van der Waals surface area contributed by atoms with E-state index in [4.69, 9.17) is 9.47 Å². The summed E-state index contributed by atoms with van der Waals surface area (Å²) in [6.07, 6.45) is 11.2. The number of methoxy groups -OCH3 is 1. The molecule has 0 spiro atoms. The highest BCUT2D eigenvalue weighted by Crippen LogP contribution is 2.49. The van der Waals surface area contributed by atoms with Crippen molar-refractivity contribution in [2.75, 3.05) is 20.2 Å². The predicted octanol–water partition coefficient (Wildman–Crippen LogP) is 3.27. The van der Waals surface area contributed by atoms with Crippen LogP contribution in [0.4, 0.5) is 0 Å². The minimum absolute atomic E-state index is 0.115. The van der Waals surface area contributed by atoms with E-state index in [-0.39, 0.29) is 29.7 Å². The number of piperidine rings is 2. The van der Waals surface area contributed by atoms with Crippen molar-refractivity contribution < 1.29 is 23.9 Å². The van der Waals surface area contributed by atoms with Crippen LogP contribution in [0.1, 0.15) is 80.1 Å². The molecular weight excluding hydrogens is 482 g/mol. The van der Waals surface area contributed by atoms with Gasteiger partial charge in [-0.2, -0.15) is 0 Å². The maximum Gasteiger partial charge on any atom is 0.255 e. The van der Waals surface area contributed by atoms with Gasteiger partial charge in [-0.15, -0.1) is 0 Å². The smallest absolute Gasteiger partial charge is 0.255 e. The Balaban J connectivity index is 0.994. The second kappa shape index (κ2) is 9.33. The number of benzene rings is 1. The molecule has 0 aromatic heterocycles. The summed E-state index contributed by atoms with van der Waals surface area (Å²) in [5.41, 5.74) is 0.688. The zero-order valence-electron chi connectivity index (χ0n) is 22.3. The summed E-state index contributed by atoms with van der Waals surface area (Å²) in [5.74, 6) is 1.66. The van der Waals surface area contributed by atoms with Gasteiger partial charge in [-0.1, -0.05) is 6.42 Å². The van der Waals surface area contributed by atoms with Gasteiger partial charge >= 0.3 is 0 Å². The Morgan fingerprint density at radius 2 is 1.71 bits per heavy atom. The van der Waals surface area contributed by atoms with E-state index in [1.165, 1.54) is 58.0 Å². The van der Waals surface area contributed by atoms with Crippen molar-refractivity contribution in [1.82, 2.24) is 15.1 Å². The molecule has 0 radical (unpaired) electrons. The molecule has 1 aromatic carbocycles. The number of amides is 3. The van der Waals surface area contributed by atoms with Crippen molar-refractivity contribution in [3.63, 3.8) is 0 Å². The third-order valence-electron chi connectivity index (χ3n) is 10.7. The normalized spacial score (nSPS) is 37.3. The van der Waals surface area contributed by atoms with E-state index in [9.17, 15) is 14.4 Å². The third-order valence-corrected chi connectivity index (χ3v) is 10.7. The van der Waals surface area contributed by atoms with E-state index >= 15 is 0 Å². The van der Waals surface area contributed by atoms with Gasteiger partial charge in [-0.05, 0) is 93.4 Å². The van der Waals surface area contributed by atoms with E-state index in [1.807, 2.05) is 25.3 Å². The average Bonchev–Trinajstić information content (AvgIpc) is 3.19. The molecular formula is C30H39N3O5. The second-order valence-electron chi connectivity index (χ2n) is 12.7. The van der Waals surface area contributed by atoms with E-state index < -0.39 is 5.54 Å². The largest absolute Gasteiger partial charge is 0.489 e. The first kappa shape index (κ1) is 24.6. The van der Waals surface area contributed by atoms with Gasteiger partial charge in [-0.3, -0.25) is 24.6 Å². The van der Waals surface area contributed by atoms with Gasteiger partial charge in [0.25, 0.3) is 11.8 Å². The number of nitrogens with zero attached hydrogens (tertiary/aromatic N) is 2. The number of imide groups is 1. The fraction of sp³-hybridized carbons (Fsp3) is 0.700. The Hall–Kier alpha value is -2.45. The summed E-state index contributed by atoms with van der Waals surface area (Å²) in [6.45, 7) is 2.77. The fourth-order valence-corrected chi connectivity index (χ4v) is 8.24. The molecule has 3 aliphatic carbocycles. The molecule has 38 heavy (non-hydrogen) atoms. The molecule has 8 nitrogen and oxygen atoms in total. The first-order chi connectivity index (χ1) is 18.4. The number of carbonyl (C=O) groups excluding carboxylic acids is 3. The highest BCUT2D eigenvalue weighted by molar-refractivity contribution is 6.10. The van der Waals surface area contributed by atoms with Gasteiger partial charge in [0.2, 0.25) is 5.91 Å². The minimum Gasteiger partial charge on any atom is -0.489 e. The van der Waals surface area contributed by atoms with Crippen molar-refractivity contribution in [1.29, 1.82) is 0 Å². The molecule has 4 heterocycles. The molecule has 4 aliphatic heterocycles. The van der Waals surface area contributed by atoms with Crippen LogP contribution in [0, 0.1) is 17.8 Å². The maximum atomic E-state index is 13.2. The highest BCUT2D eigenvalue weighted by atomic mass is 16.5. The van der Waals surface area contributed by atoms with Crippen molar-refractivity contribution >= 4 is 17.7 Å². The fourth-order valence-electron chi connectivity index (χ4n) is 8.24. The number of rotatable bonds is 6. The zero-order chi connectivity index (χ0) is 26.0. The van der Waals surface area contributed by atoms with Crippen LogP contribution in [-0.4, -0.2) is 71.5 Å². The van der Waals surface area contributed by atoms with E-state index in [2.05, 4.69) is 10.2 Å². The molecule has 3 saturated carbocycles. The number of fused-ring (bicyclic) bond motifs is 3. The van der Waals surface area contributed by atoms with Crippen LogP contribution in [-0.2, 0) is 20.9 Å². The standard InChI is InChI=1S/C30H39N3O5/c1-37-22-8-6-18(7-9-22)21-15-32(16-21)25-4-2-3-5-26(25)38-23-10-11-24-19(12-23)17-33(28(24)35)30-13-20(14-30)27(34)31-29(30)36/h10-12,18,20-22,25-26H,2-9,13-17H2,1H3,(H,31,34,36)/t18?,20?,22?,25-,26-,30?/m1/s1. The molecule has 1 N–H and O–H groups in total. The third kappa shape index (κ3) is 3.89. The number of hydrogen-bond donors (Lipinski definition) is 1. The van der Waals surface area contributed by atoms with Gasteiger partial charge < -0.3 is 14.4 Å². The van der Waals surface area contributed by atoms with Gasteiger partial charge in [-0.25, -0.2) is 0 Å². The van der Waals surface area contributed by atoms with Crippen LogP contribution in [0.25, 0.3) is 0 Å². The SMILES string of the molecule is COC1CCC(C2CN([C@@H]3CCCC[C@H]3Oc3ccc4c(c3)CN(C35CC(C3)C(=O)NC5=O)C4=O)C2)CC1. The summed E-state index contributed by atoms with van der Waals surface area (Å²) in [4.78, 5) is 42.2. The Labute approximate surface area is 224 Å². The highest BCUT2D eigenvalue weighted by Gasteiger charge is 2.63. The lowest BCUT2D eigenvalue weighted by Gasteiger charge is -2.53. The number of carbonyl (C=O) groups is 3. The first-order valence-corrected chi connectivity index (χ1v) is 14.7. The number of hydrogen-bond acceptors (Lipinski definition) is 6. The van der Waals surface area contributed by atoms with Crippen molar-refractivity contribution in [3.8, 4) is 5.75 Å². The molecule has 1 aromatic rings. The lowest BCUT2D eigenvalue weighted by atomic mass is 9.63. The van der Waals surface area contributed by atoms with Crippen molar-refractivity contribution in [2.24, 2.45) is 17.8 Å². The van der Waals surface area contributed by atoms with Crippen molar-refractivity contribution in [3.05, 3.63) is 29.3 Å². The van der Waals surface area contributed by atoms with E-state index in [0.717, 1.165) is 29.6 Å². The first-order valence-electron chi connectivity index (χ1n) is 14.7. The zero-order valence-corrected chi connectivity index (χ0v) is 22.3. The molecule has 8 rings (SSSR count). The molecule has 0 unspecified atom stereocenters. The summed E-state index contributed by atoms with van der Waals surface area (Å²) in [6, 6.07) is 6.24. The van der Waals surface area contributed by atoms with Crippen LogP contribution in [0.2, 0.25) is 0 Å². The molecule has 6 fully saturated rings. The quantitative estimate of drug-likeness (QED) is 0.578. The molecule has 8 heteroatoms. The molecule has 7 aliphatic rings. The second-order valence-corrected chi connectivity index (χ2v) is 12.7. The van der Waals surface area contributed by atoms with E-state index in [1.54, 1.807) is 4.90 Å². The van der Waals surface area contributed by atoms with Gasteiger partial charge in [0, 0.05) is 44.3 Å². The summed E-state index contributed by atoms with van der Waals surface area (Å²) < 4.78 is 12.2. The molecule has 3 saturated heterocycles. The summed E-state index contributed by atoms with van der Waals surface area (Å²) >= 11 is 0. The van der Waals surface area contributed by atoms with Crippen LogP contribution < -0.4 is 10.1 Å². The molecule has 2 atom stereocenters. The summed E-state index contributed by atoms with van der Waals surface area (Å²) in [5, 5.41) is 2.46. The topological polar surface area (TPSA) is 88.2 Å². The number of likely N-dealkylation sites (tertiary alicyclic amines) is 1. The van der Waals surface area contributed by atoms with Gasteiger partial charge in [0.15, 0.2) is 0 Å². The van der Waals surface area contributed by atoms with Gasteiger partial charge in [0.05, 0.1) is 6.10 Å². The van der Waals surface area contributed by atoms with E-state index in [0.29, 0.717) is 37.1 Å². The minimum atomic E-state index is -0.874. The molecule has 2 bridgehead atoms. The van der Waals surface area contributed by atoms with Crippen LogP contribution in [0.15, 0.2) is 18.2 Å². The molecule has 3 amide bonds. The Kier molecular flexibility index (Phi) is 6.04. The lowest BCUT2D eigenvalue weighted by Crippen LogP contribution is -2.73. The van der Waals surface area contributed by atoms with Crippen molar-refractivity contribution in [2.45, 2.75) is 94.5 Å². The van der Waals surface area contributed by atoms with Gasteiger partial charge in [0.1, 0.15) is 17.4 Å². The van der Waals surface area contributed by atoms with Crippen LogP contribution >= 0.6 is 0 Å².